The quantitative estimate of drug-likeness (QED) is 0.674. The molecule has 0 saturated heterocycles. The van der Waals surface area contributed by atoms with Crippen LogP contribution in [0, 0.1) is 0 Å². The Hall–Kier alpha value is -2.43. The third-order valence-electron chi connectivity index (χ3n) is 2.44. The summed E-state index contributed by atoms with van der Waals surface area (Å²) in [5.74, 6) is 0. The van der Waals surface area contributed by atoms with Crippen molar-refractivity contribution in [3.05, 3.63) is 42.1 Å². The molecule has 5 nitrogen and oxygen atoms in total. The number of amides is 1. The van der Waals surface area contributed by atoms with Gasteiger partial charge in [-0.05, 0) is 32.9 Å². The van der Waals surface area contributed by atoms with Gasteiger partial charge in [-0.25, -0.2) is 10.2 Å². The normalized spacial score (nSPS) is 11.8. The molecule has 0 bridgehead atoms. The van der Waals surface area contributed by atoms with E-state index >= 15 is 0 Å². The Bertz CT molecular complexity index is 640. The molecule has 0 unspecified atom stereocenters. The summed E-state index contributed by atoms with van der Waals surface area (Å²) >= 11 is 0. The van der Waals surface area contributed by atoms with E-state index in [4.69, 9.17) is 4.74 Å². The second-order valence-electron chi connectivity index (χ2n) is 5.29. The maximum Gasteiger partial charge on any atom is 0.428 e. The van der Waals surface area contributed by atoms with Gasteiger partial charge in [0.1, 0.15) is 5.60 Å². The lowest BCUT2D eigenvalue weighted by Gasteiger charge is -2.18. The molecule has 0 aliphatic heterocycles. The first-order valence-corrected chi connectivity index (χ1v) is 6.31. The summed E-state index contributed by atoms with van der Waals surface area (Å²) < 4.78 is 5.09. The van der Waals surface area contributed by atoms with Gasteiger partial charge in [0, 0.05) is 17.1 Å². The zero-order valence-electron chi connectivity index (χ0n) is 11.8. The number of aromatic nitrogens is 1. The van der Waals surface area contributed by atoms with E-state index in [1.807, 2.05) is 30.3 Å². The first kappa shape index (κ1) is 14.0. The average molecular weight is 271 g/mol. The van der Waals surface area contributed by atoms with Gasteiger partial charge in [0.2, 0.25) is 0 Å². The number of hydrazone groups is 1. The maximum atomic E-state index is 11.5. The van der Waals surface area contributed by atoms with Gasteiger partial charge < -0.3 is 4.74 Å². The number of hydrogen-bond acceptors (Lipinski definition) is 4. The number of ether oxygens (including phenoxy) is 1. The molecule has 0 spiro atoms. The van der Waals surface area contributed by atoms with Crippen molar-refractivity contribution >= 4 is 23.2 Å². The average Bonchev–Trinajstić information content (AvgIpc) is 2.37. The van der Waals surface area contributed by atoms with Gasteiger partial charge in [-0.2, -0.15) is 5.10 Å². The number of nitrogens with one attached hydrogen (secondary N) is 1. The Labute approximate surface area is 117 Å². The van der Waals surface area contributed by atoms with Crippen LogP contribution >= 0.6 is 0 Å². The molecule has 20 heavy (non-hydrogen) atoms. The summed E-state index contributed by atoms with van der Waals surface area (Å²) in [5.41, 5.74) is 3.57. The third-order valence-corrected chi connectivity index (χ3v) is 2.44. The minimum atomic E-state index is -0.577. The van der Waals surface area contributed by atoms with Crippen LogP contribution < -0.4 is 5.43 Å². The van der Waals surface area contributed by atoms with Gasteiger partial charge in [0.05, 0.1) is 11.7 Å². The van der Waals surface area contributed by atoms with E-state index in [0.717, 1.165) is 16.5 Å². The van der Waals surface area contributed by atoms with E-state index in [1.54, 1.807) is 33.2 Å². The highest BCUT2D eigenvalue weighted by Crippen LogP contribution is 2.14. The van der Waals surface area contributed by atoms with Crippen LogP contribution in [0.1, 0.15) is 26.3 Å². The van der Waals surface area contributed by atoms with Crippen LogP contribution in [0.15, 0.2) is 41.6 Å². The number of hydrogen-bond donors (Lipinski definition) is 1. The summed E-state index contributed by atoms with van der Waals surface area (Å²) in [6.07, 6.45) is 2.71. The second-order valence-corrected chi connectivity index (χ2v) is 5.29. The molecular weight excluding hydrogens is 254 g/mol. The van der Waals surface area contributed by atoms with Gasteiger partial charge in [-0.1, -0.05) is 18.2 Å². The van der Waals surface area contributed by atoms with Crippen molar-refractivity contribution in [1.29, 1.82) is 0 Å². The summed E-state index contributed by atoms with van der Waals surface area (Å²) in [4.78, 5) is 15.7. The Kier molecular flexibility index (Phi) is 3.98. The van der Waals surface area contributed by atoms with Crippen molar-refractivity contribution in [2.24, 2.45) is 5.10 Å². The monoisotopic (exact) mass is 271 g/mol. The molecule has 1 amide bonds. The number of pyridine rings is 1. The predicted molar refractivity (Wildman–Crippen MR) is 78.7 cm³/mol. The minimum absolute atomic E-state index is 0.539. The van der Waals surface area contributed by atoms with Gasteiger partial charge in [0.25, 0.3) is 0 Å². The molecule has 0 fully saturated rings. The lowest BCUT2D eigenvalue weighted by Crippen LogP contribution is -2.29. The van der Waals surface area contributed by atoms with Crippen molar-refractivity contribution in [2.75, 3.05) is 0 Å². The molecule has 104 valence electrons. The van der Waals surface area contributed by atoms with Crippen molar-refractivity contribution in [3.63, 3.8) is 0 Å². The standard InChI is InChI=1S/C15H17N3O2/c1-15(2,3)20-14(19)18-17-10-11-8-9-16-13-7-5-4-6-12(11)13/h4-10H,1-3H3,(H,18,19)/b17-10+. The minimum Gasteiger partial charge on any atom is -0.443 e. The highest BCUT2D eigenvalue weighted by atomic mass is 16.6. The van der Waals surface area contributed by atoms with Gasteiger partial charge in [0.15, 0.2) is 0 Å². The van der Waals surface area contributed by atoms with Gasteiger partial charge in [-0.15, -0.1) is 0 Å². The zero-order valence-corrected chi connectivity index (χ0v) is 11.8. The number of benzene rings is 1. The summed E-state index contributed by atoms with van der Waals surface area (Å²) in [5, 5.41) is 4.88. The smallest absolute Gasteiger partial charge is 0.428 e. The second kappa shape index (κ2) is 5.69. The van der Waals surface area contributed by atoms with Crippen LogP contribution in [0.25, 0.3) is 10.9 Å². The molecule has 2 aromatic rings. The first-order chi connectivity index (χ1) is 9.46. The van der Waals surface area contributed by atoms with Gasteiger partial charge in [-0.3, -0.25) is 4.98 Å². The summed E-state index contributed by atoms with van der Waals surface area (Å²) in [6, 6.07) is 9.57. The summed E-state index contributed by atoms with van der Waals surface area (Å²) in [7, 11) is 0. The topological polar surface area (TPSA) is 63.6 Å². The molecule has 2 rings (SSSR count). The molecule has 0 atom stereocenters. The fourth-order valence-electron chi connectivity index (χ4n) is 1.69. The van der Waals surface area contributed by atoms with E-state index in [2.05, 4.69) is 15.5 Å². The van der Waals surface area contributed by atoms with E-state index < -0.39 is 11.7 Å². The van der Waals surface area contributed by atoms with Crippen molar-refractivity contribution < 1.29 is 9.53 Å². The van der Waals surface area contributed by atoms with E-state index in [-0.39, 0.29) is 0 Å². The molecule has 1 N–H and O–H groups in total. The highest BCUT2D eigenvalue weighted by Gasteiger charge is 2.15. The number of para-hydroxylation sites is 1. The Morgan fingerprint density at radius 3 is 2.80 bits per heavy atom. The Morgan fingerprint density at radius 1 is 1.30 bits per heavy atom. The van der Waals surface area contributed by atoms with Crippen LogP contribution in [-0.2, 0) is 4.74 Å². The molecular formula is C15H17N3O2. The fourth-order valence-corrected chi connectivity index (χ4v) is 1.69. The van der Waals surface area contributed by atoms with Gasteiger partial charge >= 0.3 is 6.09 Å². The highest BCUT2D eigenvalue weighted by molar-refractivity contribution is 5.98. The first-order valence-electron chi connectivity index (χ1n) is 6.31. The molecule has 5 heteroatoms. The fraction of sp³-hybridized carbons (Fsp3) is 0.267. The number of nitrogens with zero attached hydrogens (tertiary/aromatic N) is 2. The Balaban J connectivity index is 2.09. The lowest BCUT2D eigenvalue weighted by molar-refractivity contribution is 0.0529. The Morgan fingerprint density at radius 2 is 2.05 bits per heavy atom. The van der Waals surface area contributed by atoms with Crippen LogP contribution in [0.4, 0.5) is 4.79 Å². The molecule has 1 heterocycles. The number of carbonyl (C=O) groups excluding carboxylic acids is 1. The van der Waals surface area contributed by atoms with Crippen LogP contribution in [-0.4, -0.2) is 22.9 Å². The predicted octanol–water partition coefficient (Wildman–Crippen LogP) is 3.09. The largest absolute Gasteiger partial charge is 0.443 e. The molecule has 0 aliphatic rings. The van der Waals surface area contributed by atoms with Crippen molar-refractivity contribution in [2.45, 2.75) is 26.4 Å². The third kappa shape index (κ3) is 3.78. The van der Waals surface area contributed by atoms with E-state index in [1.165, 1.54) is 0 Å². The van der Waals surface area contributed by atoms with Crippen LogP contribution in [0.5, 0.6) is 0 Å². The summed E-state index contributed by atoms with van der Waals surface area (Å²) in [6.45, 7) is 5.39. The maximum absolute atomic E-state index is 11.5. The molecule has 0 radical (unpaired) electrons. The van der Waals surface area contributed by atoms with E-state index in [9.17, 15) is 4.79 Å². The molecule has 0 saturated carbocycles. The van der Waals surface area contributed by atoms with Crippen LogP contribution in [0.2, 0.25) is 0 Å². The van der Waals surface area contributed by atoms with Crippen molar-refractivity contribution in [1.82, 2.24) is 10.4 Å². The number of fused-ring (bicyclic) bond motifs is 1. The lowest BCUT2D eigenvalue weighted by atomic mass is 10.1. The zero-order chi connectivity index (χ0) is 14.6. The molecule has 0 aliphatic carbocycles. The van der Waals surface area contributed by atoms with Crippen LogP contribution in [0.3, 0.4) is 0 Å². The van der Waals surface area contributed by atoms with E-state index in [0.29, 0.717) is 0 Å². The number of carbonyl (C=O) groups is 1. The van der Waals surface area contributed by atoms with Crippen molar-refractivity contribution in [3.8, 4) is 0 Å². The number of rotatable bonds is 2. The molecule has 1 aromatic carbocycles. The molecule has 1 aromatic heterocycles. The SMILES string of the molecule is CC(C)(C)OC(=O)N/N=C/c1ccnc2ccccc12.